The summed E-state index contributed by atoms with van der Waals surface area (Å²) in [6, 6.07) is 4.85. The van der Waals surface area contributed by atoms with E-state index in [2.05, 4.69) is 5.32 Å². The standard InChI is InChI=1S/C15H18FNO3S/c1-19-8-4-7-17-15(18)14-10(9-20-2)13-11(16)5-3-6-12(13)21-14/h3,5-6H,4,7-9H2,1-2H3,(H,17,18). The lowest BCUT2D eigenvalue weighted by atomic mass is 10.1. The van der Waals surface area contributed by atoms with Crippen molar-refractivity contribution in [2.24, 2.45) is 0 Å². The SMILES string of the molecule is COCCCNC(=O)c1sc2cccc(F)c2c1COC. The summed E-state index contributed by atoms with van der Waals surface area (Å²) in [5.41, 5.74) is 0.611. The Hall–Kier alpha value is -1.50. The van der Waals surface area contributed by atoms with E-state index < -0.39 is 0 Å². The third kappa shape index (κ3) is 3.58. The Bertz CT molecular complexity index is 627. The fourth-order valence-electron chi connectivity index (χ4n) is 2.13. The van der Waals surface area contributed by atoms with Crippen LogP contribution in [0.4, 0.5) is 4.39 Å². The van der Waals surface area contributed by atoms with Crippen molar-refractivity contribution in [2.45, 2.75) is 13.0 Å². The molecule has 0 spiro atoms. The molecule has 2 aromatic rings. The average molecular weight is 311 g/mol. The van der Waals surface area contributed by atoms with E-state index in [0.717, 1.165) is 11.1 Å². The first-order valence-electron chi connectivity index (χ1n) is 6.65. The third-order valence-electron chi connectivity index (χ3n) is 3.07. The molecule has 0 aliphatic heterocycles. The van der Waals surface area contributed by atoms with Crippen molar-refractivity contribution in [1.82, 2.24) is 5.32 Å². The van der Waals surface area contributed by atoms with Gasteiger partial charge in [0.25, 0.3) is 5.91 Å². The molecule has 1 aromatic heterocycles. The van der Waals surface area contributed by atoms with Crippen LogP contribution < -0.4 is 5.32 Å². The minimum Gasteiger partial charge on any atom is -0.385 e. The van der Waals surface area contributed by atoms with Gasteiger partial charge in [-0.3, -0.25) is 4.79 Å². The zero-order valence-corrected chi connectivity index (χ0v) is 12.9. The van der Waals surface area contributed by atoms with Gasteiger partial charge in [0.05, 0.1) is 11.5 Å². The molecule has 0 saturated heterocycles. The van der Waals surface area contributed by atoms with E-state index in [1.165, 1.54) is 24.5 Å². The van der Waals surface area contributed by atoms with Crippen molar-refractivity contribution < 1.29 is 18.7 Å². The highest BCUT2D eigenvalue weighted by atomic mass is 32.1. The Morgan fingerprint density at radius 1 is 1.33 bits per heavy atom. The van der Waals surface area contributed by atoms with Crippen molar-refractivity contribution >= 4 is 27.3 Å². The number of fused-ring (bicyclic) bond motifs is 1. The van der Waals surface area contributed by atoms with Gasteiger partial charge < -0.3 is 14.8 Å². The second-order valence-corrected chi connectivity index (χ2v) is 5.61. The second kappa shape index (κ2) is 7.49. The molecule has 21 heavy (non-hydrogen) atoms. The molecule has 2 rings (SSSR count). The highest BCUT2D eigenvalue weighted by Crippen LogP contribution is 2.33. The molecule has 1 aromatic carbocycles. The molecule has 4 nitrogen and oxygen atoms in total. The van der Waals surface area contributed by atoms with Crippen LogP contribution in [0.5, 0.6) is 0 Å². The van der Waals surface area contributed by atoms with Gasteiger partial charge in [-0.2, -0.15) is 0 Å². The zero-order valence-electron chi connectivity index (χ0n) is 12.1. The van der Waals surface area contributed by atoms with Crippen LogP contribution in [0.3, 0.4) is 0 Å². The molecular formula is C15H18FNO3S. The molecule has 0 radical (unpaired) electrons. The summed E-state index contributed by atoms with van der Waals surface area (Å²) >= 11 is 1.29. The van der Waals surface area contributed by atoms with Crippen molar-refractivity contribution in [1.29, 1.82) is 0 Å². The number of hydrogen-bond acceptors (Lipinski definition) is 4. The normalized spacial score (nSPS) is 11.0. The molecule has 0 fully saturated rings. The average Bonchev–Trinajstić information content (AvgIpc) is 2.84. The second-order valence-electron chi connectivity index (χ2n) is 4.56. The van der Waals surface area contributed by atoms with E-state index in [-0.39, 0.29) is 18.3 Å². The van der Waals surface area contributed by atoms with E-state index in [1.54, 1.807) is 13.2 Å². The summed E-state index contributed by atoms with van der Waals surface area (Å²) in [7, 11) is 3.15. The first kappa shape index (κ1) is 15.9. The highest BCUT2D eigenvalue weighted by molar-refractivity contribution is 7.21. The van der Waals surface area contributed by atoms with Crippen LogP contribution in [-0.2, 0) is 16.1 Å². The third-order valence-corrected chi connectivity index (χ3v) is 4.27. The Labute approximate surface area is 126 Å². The van der Waals surface area contributed by atoms with Crippen LogP contribution in [0, 0.1) is 5.82 Å². The fourth-order valence-corrected chi connectivity index (χ4v) is 3.27. The molecule has 0 unspecified atom stereocenters. The lowest BCUT2D eigenvalue weighted by Gasteiger charge is -2.06. The molecule has 0 bridgehead atoms. The lowest BCUT2D eigenvalue weighted by Crippen LogP contribution is -2.25. The summed E-state index contributed by atoms with van der Waals surface area (Å²) in [6.07, 6.45) is 0.737. The first-order valence-corrected chi connectivity index (χ1v) is 7.46. The van der Waals surface area contributed by atoms with Crippen LogP contribution >= 0.6 is 11.3 Å². The van der Waals surface area contributed by atoms with E-state index in [4.69, 9.17) is 9.47 Å². The number of thiophene rings is 1. The number of methoxy groups -OCH3 is 2. The van der Waals surface area contributed by atoms with Crippen molar-refractivity contribution in [3.8, 4) is 0 Å². The summed E-state index contributed by atoms with van der Waals surface area (Å²) in [6.45, 7) is 1.32. The zero-order chi connectivity index (χ0) is 15.2. The molecule has 0 saturated carbocycles. The van der Waals surface area contributed by atoms with Gasteiger partial charge in [-0.1, -0.05) is 6.07 Å². The Balaban J connectivity index is 2.27. The van der Waals surface area contributed by atoms with Gasteiger partial charge in [-0.05, 0) is 18.6 Å². The van der Waals surface area contributed by atoms with Gasteiger partial charge in [0.15, 0.2) is 0 Å². The number of benzene rings is 1. The molecule has 1 N–H and O–H groups in total. The molecule has 0 aliphatic carbocycles. The number of hydrogen-bond donors (Lipinski definition) is 1. The predicted octanol–water partition coefficient (Wildman–Crippen LogP) is 2.95. The van der Waals surface area contributed by atoms with E-state index in [1.807, 2.05) is 6.07 Å². The van der Waals surface area contributed by atoms with Crippen LogP contribution in [0.2, 0.25) is 0 Å². The largest absolute Gasteiger partial charge is 0.385 e. The Morgan fingerprint density at radius 3 is 2.86 bits per heavy atom. The quantitative estimate of drug-likeness (QED) is 0.800. The minimum absolute atomic E-state index is 0.196. The van der Waals surface area contributed by atoms with Gasteiger partial charge in [-0.15, -0.1) is 11.3 Å². The van der Waals surface area contributed by atoms with Gasteiger partial charge in [0.1, 0.15) is 5.82 Å². The Morgan fingerprint density at radius 2 is 2.14 bits per heavy atom. The van der Waals surface area contributed by atoms with Crippen LogP contribution in [-0.4, -0.2) is 33.3 Å². The molecule has 0 aliphatic rings. The number of nitrogens with one attached hydrogen (secondary N) is 1. The lowest BCUT2D eigenvalue weighted by molar-refractivity contribution is 0.0948. The van der Waals surface area contributed by atoms with E-state index >= 15 is 0 Å². The van der Waals surface area contributed by atoms with Crippen LogP contribution in [0.25, 0.3) is 10.1 Å². The number of halogens is 1. The van der Waals surface area contributed by atoms with Gasteiger partial charge >= 0.3 is 0 Å². The predicted molar refractivity (Wildman–Crippen MR) is 81.3 cm³/mol. The maximum absolute atomic E-state index is 14.0. The molecular weight excluding hydrogens is 293 g/mol. The number of carbonyl (C=O) groups is 1. The molecule has 6 heteroatoms. The van der Waals surface area contributed by atoms with Gasteiger partial charge in [-0.25, -0.2) is 4.39 Å². The Kier molecular flexibility index (Phi) is 5.67. The van der Waals surface area contributed by atoms with E-state index in [0.29, 0.717) is 29.0 Å². The van der Waals surface area contributed by atoms with Crippen molar-refractivity contribution in [3.63, 3.8) is 0 Å². The van der Waals surface area contributed by atoms with Gasteiger partial charge in [0.2, 0.25) is 0 Å². The van der Waals surface area contributed by atoms with Crippen molar-refractivity contribution in [2.75, 3.05) is 27.4 Å². The molecule has 0 atom stereocenters. The minimum atomic E-state index is -0.325. The fraction of sp³-hybridized carbons (Fsp3) is 0.400. The highest BCUT2D eigenvalue weighted by Gasteiger charge is 2.20. The van der Waals surface area contributed by atoms with Gasteiger partial charge in [0, 0.05) is 43.0 Å². The summed E-state index contributed by atoms with van der Waals surface area (Å²) < 4.78 is 24.8. The van der Waals surface area contributed by atoms with Crippen molar-refractivity contribution in [3.05, 3.63) is 34.5 Å². The number of ether oxygens (including phenoxy) is 2. The van der Waals surface area contributed by atoms with Crippen LogP contribution in [0.1, 0.15) is 21.7 Å². The molecule has 1 heterocycles. The first-order chi connectivity index (χ1) is 10.2. The maximum atomic E-state index is 14.0. The van der Waals surface area contributed by atoms with E-state index in [9.17, 15) is 9.18 Å². The summed E-state index contributed by atoms with van der Waals surface area (Å²) in [5, 5.41) is 3.30. The summed E-state index contributed by atoms with van der Waals surface area (Å²) in [4.78, 5) is 12.8. The smallest absolute Gasteiger partial charge is 0.261 e. The number of amides is 1. The molecule has 114 valence electrons. The molecule has 1 amide bonds. The maximum Gasteiger partial charge on any atom is 0.261 e. The number of rotatable bonds is 7. The summed E-state index contributed by atoms with van der Waals surface area (Å²) in [5.74, 6) is -0.520. The number of carbonyl (C=O) groups excluding carboxylic acids is 1. The monoisotopic (exact) mass is 311 g/mol. The topological polar surface area (TPSA) is 47.6 Å². The van der Waals surface area contributed by atoms with Crippen LogP contribution in [0.15, 0.2) is 18.2 Å².